The third-order valence-corrected chi connectivity index (χ3v) is 2.15. The van der Waals surface area contributed by atoms with E-state index in [1.807, 2.05) is 0 Å². The summed E-state index contributed by atoms with van der Waals surface area (Å²) in [6.45, 7) is 4.85. The van der Waals surface area contributed by atoms with Gasteiger partial charge in [0.2, 0.25) is 0 Å². The number of rotatable bonds is 6. The summed E-state index contributed by atoms with van der Waals surface area (Å²) in [6, 6.07) is 0. The minimum absolute atomic E-state index is 0.743. The van der Waals surface area contributed by atoms with E-state index >= 15 is 0 Å². The van der Waals surface area contributed by atoms with E-state index in [4.69, 9.17) is 9.47 Å². The number of hydrogen-bond acceptors (Lipinski definition) is 3. The molecule has 72 valence electrons. The van der Waals surface area contributed by atoms with Crippen LogP contribution in [0, 0.1) is 5.92 Å². The van der Waals surface area contributed by atoms with Gasteiger partial charge in [-0.3, -0.25) is 0 Å². The van der Waals surface area contributed by atoms with Gasteiger partial charge < -0.3 is 14.8 Å². The Bertz CT molecular complexity index is 103. The Morgan fingerprint density at radius 1 is 1.42 bits per heavy atom. The first-order valence-electron chi connectivity index (χ1n) is 4.71. The van der Waals surface area contributed by atoms with Crippen molar-refractivity contribution in [1.29, 1.82) is 0 Å². The molecule has 0 saturated carbocycles. The van der Waals surface area contributed by atoms with Crippen LogP contribution in [0.15, 0.2) is 0 Å². The van der Waals surface area contributed by atoms with Crippen LogP contribution in [0.25, 0.3) is 0 Å². The summed E-state index contributed by atoms with van der Waals surface area (Å²) in [5, 5.41) is 3.32. The fourth-order valence-electron chi connectivity index (χ4n) is 1.41. The van der Waals surface area contributed by atoms with Gasteiger partial charge in [0.25, 0.3) is 0 Å². The molecule has 0 aromatic rings. The third-order valence-electron chi connectivity index (χ3n) is 2.15. The molecule has 1 atom stereocenters. The highest BCUT2D eigenvalue weighted by Crippen LogP contribution is 2.07. The standard InChI is InChI=1S/C9H19NO2/c1-11-5-2-6-12-8-9-3-4-10-7-9/h9-10H,2-8H2,1H3. The quantitative estimate of drug-likeness (QED) is 0.598. The molecule has 12 heavy (non-hydrogen) atoms. The topological polar surface area (TPSA) is 30.5 Å². The van der Waals surface area contributed by atoms with Crippen molar-refractivity contribution in [3.05, 3.63) is 0 Å². The first kappa shape index (κ1) is 9.96. The van der Waals surface area contributed by atoms with Crippen LogP contribution in [0.4, 0.5) is 0 Å². The van der Waals surface area contributed by atoms with E-state index in [1.54, 1.807) is 7.11 Å². The van der Waals surface area contributed by atoms with Crippen LogP contribution in [0.5, 0.6) is 0 Å². The van der Waals surface area contributed by atoms with E-state index in [-0.39, 0.29) is 0 Å². The fourth-order valence-corrected chi connectivity index (χ4v) is 1.41. The zero-order chi connectivity index (χ0) is 8.65. The normalized spacial score (nSPS) is 23.2. The summed E-state index contributed by atoms with van der Waals surface area (Å²) in [6.07, 6.45) is 2.28. The molecule has 0 aliphatic carbocycles. The molecule has 0 aromatic carbocycles. The van der Waals surface area contributed by atoms with E-state index in [0.29, 0.717) is 0 Å². The number of methoxy groups -OCH3 is 1. The van der Waals surface area contributed by atoms with E-state index in [0.717, 1.165) is 45.2 Å². The maximum Gasteiger partial charge on any atom is 0.0506 e. The van der Waals surface area contributed by atoms with Gasteiger partial charge >= 0.3 is 0 Å². The second-order valence-electron chi connectivity index (χ2n) is 3.28. The molecule has 0 radical (unpaired) electrons. The van der Waals surface area contributed by atoms with Crippen molar-refractivity contribution in [2.45, 2.75) is 12.8 Å². The zero-order valence-electron chi connectivity index (χ0n) is 7.84. The first-order valence-corrected chi connectivity index (χ1v) is 4.71. The predicted molar refractivity (Wildman–Crippen MR) is 48.3 cm³/mol. The number of hydrogen-bond donors (Lipinski definition) is 1. The lowest BCUT2D eigenvalue weighted by atomic mass is 10.1. The van der Waals surface area contributed by atoms with Gasteiger partial charge in [-0.1, -0.05) is 0 Å². The smallest absolute Gasteiger partial charge is 0.0506 e. The molecule has 1 aliphatic rings. The summed E-state index contributed by atoms with van der Waals surface area (Å²) < 4.78 is 10.4. The summed E-state index contributed by atoms with van der Waals surface area (Å²) in [5.74, 6) is 0.743. The Hall–Kier alpha value is -0.120. The highest BCUT2D eigenvalue weighted by atomic mass is 16.5. The third kappa shape index (κ3) is 4.04. The van der Waals surface area contributed by atoms with Crippen LogP contribution < -0.4 is 5.32 Å². The lowest BCUT2D eigenvalue weighted by Gasteiger charge is -2.08. The molecule has 0 bridgehead atoms. The first-order chi connectivity index (χ1) is 5.93. The van der Waals surface area contributed by atoms with Crippen LogP contribution in [-0.2, 0) is 9.47 Å². The average molecular weight is 173 g/mol. The van der Waals surface area contributed by atoms with Crippen LogP contribution in [-0.4, -0.2) is 40.0 Å². The van der Waals surface area contributed by atoms with Crippen molar-refractivity contribution in [3.63, 3.8) is 0 Å². The van der Waals surface area contributed by atoms with E-state index in [1.165, 1.54) is 6.42 Å². The molecule has 0 spiro atoms. The van der Waals surface area contributed by atoms with Gasteiger partial charge in [-0.25, -0.2) is 0 Å². The molecule has 1 heterocycles. The van der Waals surface area contributed by atoms with Gasteiger partial charge in [-0.15, -0.1) is 0 Å². The molecule has 0 amide bonds. The van der Waals surface area contributed by atoms with Crippen LogP contribution in [0.2, 0.25) is 0 Å². The highest BCUT2D eigenvalue weighted by molar-refractivity contribution is 4.69. The van der Waals surface area contributed by atoms with Crippen LogP contribution in [0.1, 0.15) is 12.8 Å². The molecular weight excluding hydrogens is 154 g/mol. The lowest BCUT2D eigenvalue weighted by molar-refractivity contribution is 0.0828. The zero-order valence-corrected chi connectivity index (χ0v) is 7.84. The largest absolute Gasteiger partial charge is 0.385 e. The van der Waals surface area contributed by atoms with Gasteiger partial charge in [0.05, 0.1) is 6.61 Å². The Morgan fingerprint density at radius 3 is 3.00 bits per heavy atom. The van der Waals surface area contributed by atoms with E-state index in [9.17, 15) is 0 Å². The highest BCUT2D eigenvalue weighted by Gasteiger charge is 2.13. The molecule has 1 fully saturated rings. The SMILES string of the molecule is COCCCOCC1CCNC1. The minimum Gasteiger partial charge on any atom is -0.385 e. The Morgan fingerprint density at radius 2 is 2.33 bits per heavy atom. The molecular formula is C9H19NO2. The van der Waals surface area contributed by atoms with Gasteiger partial charge in [-0.05, 0) is 25.3 Å². The minimum atomic E-state index is 0.743. The van der Waals surface area contributed by atoms with Gasteiger partial charge in [0.1, 0.15) is 0 Å². The summed E-state index contributed by atoms with van der Waals surface area (Å²) >= 11 is 0. The van der Waals surface area contributed by atoms with Crippen molar-refractivity contribution >= 4 is 0 Å². The summed E-state index contributed by atoms with van der Waals surface area (Å²) in [7, 11) is 1.72. The number of nitrogens with one attached hydrogen (secondary N) is 1. The monoisotopic (exact) mass is 173 g/mol. The fraction of sp³-hybridized carbons (Fsp3) is 1.00. The van der Waals surface area contributed by atoms with Gasteiger partial charge in [-0.2, -0.15) is 0 Å². The van der Waals surface area contributed by atoms with Gasteiger partial charge in [0.15, 0.2) is 0 Å². The molecule has 1 saturated heterocycles. The molecule has 3 nitrogen and oxygen atoms in total. The molecule has 1 aliphatic heterocycles. The molecule has 1 N–H and O–H groups in total. The molecule has 3 heteroatoms. The van der Waals surface area contributed by atoms with Crippen molar-refractivity contribution in [2.24, 2.45) is 5.92 Å². The van der Waals surface area contributed by atoms with E-state index < -0.39 is 0 Å². The number of ether oxygens (including phenoxy) is 2. The van der Waals surface area contributed by atoms with Crippen molar-refractivity contribution < 1.29 is 9.47 Å². The average Bonchev–Trinajstić information content (AvgIpc) is 2.57. The van der Waals surface area contributed by atoms with Crippen LogP contribution in [0.3, 0.4) is 0 Å². The Balaban J connectivity index is 1.81. The summed E-state index contributed by atoms with van der Waals surface area (Å²) in [4.78, 5) is 0. The molecule has 0 aromatic heterocycles. The summed E-state index contributed by atoms with van der Waals surface area (Å²) in [5.41, 5.74) is 0. The van der Waals surface area contributed by atoms with E-state index in [2.05, 4.69) is 5.32 Å². The van der Waals surface area contributed by atoms with Gasteiger partial charge in [0, 0.05) is 26.9 Å². The molecule has 1 unspecified atom stereocenters. The second-order valence-corrected chi connectivity index (χ2v) is 3.28. The molecule has 1 rings (SSSR count). The lowest BCUT2D eigenvalue weighted by Crippen LogP contribution is -2.14. The van der Waals surface area contributed by atoms with Crippen LogP contribution >= 0.6 is 0 Å². The maximum atomic E-state index is 5.50. The van der Waals surface area contributed by atoms with Crippen molar-refractivity contribution in [1.82, 2.24) is 5.32 Å². The predicted octanol–water partition coefficient (Wildman–Crippen LogP) is 0.649. The maximum absolute atomic E-state index is 5.50. The second kappa shape index (κ2) is 6.40. The van der Waals surface area contributed by atoms with Crippen molar-refractivity contribution in [2.75, 3.05) is 40.0 Å². The Kier molecular flexibility index (Phi) is 5.32. The van der Waals surface area contributed by atoms with Crippen molar-refractivity contribution in [3.8, 4) is 0 Å². The Labute approximate surface area is 74.4 Å².